The molecule has 20 heavy (non-hydrogen) atoms. The molecule has 2 atom stereocenters. The molecular formula is C14H21Cl2NO2S. The van der Waals surface area contributed by atoms with Gasteiger partial charge in [0.25, 0.3) is 0 Å². The van der Waals surface area contributed by atoms with Gasteiger partial charge in [0.2, 0.25) is 0 Å². The molecule has 0 fully saturated rings. The molecule has 0 radical (unpaired) electrons. The highest BCUT2D eigenvalue weighted by Gasteiger charge is 2.29. The Balaban J connectivity index is 3.04. The van der Waals surface area contributed by atoms with Crippen molar-refractivity contribution < 1.29 is 8.42 Å². The van der Waals surface area contributed by atoms with Gasteiger partial charge < -0.3 is 5.32 Å². The fourth-order valence-corrected chi connectivity index (χ4v) is 4.11. The number of benzene rings is 1. The summed E-state index contributed by atoms with van der Waals surface area (Å²) in [5.74, 6) is 0. The Labute approximate surface area is 131 Å². The highest BCUT2D eigenvalue weighted by molar-refractivity contribution is 7.92. The molecule has 0 heterocycles. The summed E-state index contributed by atoms with van der Waals surface area (Å²) in [6.07, 6.45) is 1.72. The van der Waals surface area contributed by atoms with Crippen molar-refractivity contribution in [3.05, 3.63) is 28.2 Å². The normalized spacial score (nSPS) is 15.1. The monoisotopic (exact) mass is 337 g/mol. The molecule has 0 bridgehead atoms. The summed E-state index contributed by atoms with van der Waals surface area (Å²) in [7, 11) is -3.43. The molecule has 2 unspecified atom stereocenters. The lowest BCUT2D eigenvalue weighted by Crippen LogP contribution is -2.42. The Morgan fingerprint density at radius 2 is 1.85 bits per heavy atom. The van der Waals surface area contributed by atoms with Crippen molar-refractivity contribution >= 4 is 33.0 Å². The second kappa shape index (κ2) is 7.64. The lowest BCUT2D eigenvalue weighted by atomic mass is 10.1. The molecule has 0 aromatic heterocycles. The van der Waals surface area contributed by atoms with E-state index in [1.165, 1.54) is 18.2 Å². The molecule has 114 valence electrons. The zero-order valence-corrected chi connectivity index (χ0v) is 14.3. The lowest BCUT2D eigenvalue weighted by molar-refractivity contribution is 0.472. The SMILES string of the molecule is CCCNC(CC)C(C)S(=O)(=O)c1ccc(Cl)c(Cl)c1. The Morgan fingerprint density at radius 3 is 2.35 bits per heavy atom. The molecule has 1 aromatic rings. The third-order valence-electron chi connectivity index (χ3n) is 3.37. The van der Waals surface area contributed by atoms with E-state index in [1.807, 2.05) is 6.92 Å². The van der Waals surface area contributed by atoms with Gasteiger partial charge in [-0.15, -0.1) is 0 Å². The van der Waals surface area contributed by atoms with Gasteiger partial charge in [-0.1, -0.05) is 37.0 Å². The molecule has 0 aliphatic heterocycles. The molecule has 1 aromatic carbocycles. The fourth-order valence-electron chi connectivity index (χ4n) is 2.06. The van der Waals surface area contributed by atoms with Crippen LogP contribution in [0.3, 0.4) is 0 Å². The van der Waals surface area contributed by atoms with E-state index >= 15 is 0 Å². The van der Waals surface area contributed by atoms with Crippen molar-refractivity contribution in [2.24, 2.45) is 0 Å². The van der Waals surface area contributed by atoms with Gasteiger partial charge in [0.05, 0.1) is 20.2 Å². The Hall–Kier alpha value is -0.290. The van der Waals surface area contributed by atoms with Gasteiger partial charge in [-0.3, -0.25) is 0 Å². The minimum absolute atomic E-state index is 0.0746. The first-order valence-corrected chi connectivity index (χ1v) is 9.07. The van der Waals surface area contributed by atoms with Crippen LogP contribution in [0, 0.1) is 0 Å². The van der Waals surface area contributed by atoms with Gasteiger partial charge >= 0.3 is 0 Å². The number of nitrogens with one attached hydrogen (secondary N) is 1. The van der Waals surface area contributed by atoms with Crippen molar-refractivity contribution in [3.63, 3.8) is 0 Å². The van der Waals surface area contributed by atoms with Crippen molar-refractivity contribution in [1.82, 2.24) is 5.32 Å². The maximum absolute atomic E-state index is 12.6. The number of rotatable bonds is 7. The van der Waals surface area contributed by atoms with Crippen LogP contribution in [0.5, 0.6) is 0 Å². The predicted octanol–water partition coefficient (Wildman–Crippen LogP) is 3.93. The molecule has 0 spiro atoms. The maximum Gasteiger partial charge on any atom is 0.182 e. The van der Waals surface area contributed by atoms with Gasteiger partial charge in [0.15, 0.2) is 9.84 Å². The predicted molar refractivity (Wildman–Crippen MR) is 85.5 cm³/mol. The number of halogens is 2. The second-order valence-electron chi connectivity index (χ2n) is 4.79. The Kier molecular flexibility index (Phi) is 6.79. The van der Waals surface area contributed by atoms with Crippen LogP contribution in [0.4, 0.5) is 0 Å². The van der Waals surface area contributed by atoms with E-state index in [9.17, 15) is 8.42 Å². The van der Waals surface area contributed by atoms with Crippen LogP contribution in [0.2, 0.25) is 10.0 Å². The first-order valence-electron chi connectivity index (χ1n) is 6.76. The van der Waals surface area contributed by atoms with Gasteiger partial charge in [-0.2, -0.15) is 0 Å². The molecule has 3 nitrogen and oxygen atoms in total. The van der Waals surface area contributed by atoms with E-state index < -0.39 is 15.1 Å². The first kappa shape index (κ1) is 17.8. The molecule has 0 aliphatic carbocycles. The van der Waals surface area contributed by atoms with E-state index in [0.29, 0.717) is 5.02 Å². The van der Waals surface area contributed by atoms with Crippen LogP contribution < -0.4 is 5.32 Å². The molecule has 0 amide bonds. The van der Waals surface area contributed by atoms with Crippen LogP contribution in [-0.4, -0.2) is 26.3 Å². The van der Waals surface area contributed by atoms with Crippen LogP contribution in [0.25, 0.3) is 0 Å². The average molecular weight is 338 g/mol. The van der Waals surface area contributed by atoms with Gasteiger partial charge in [-0.05, 0) is 44.5 Å². The molecular weight excluding hydrogens is 317 g/mol. The lowest BCUT2D eigenvalue weighted by Gasteiger charge is -2.24. The smallest absolute Gasteiger partial charge is 0.182 e. The molecule has 0 saturated carbocycles. The highest BCUT2D eigenvalue weighted by Crippen LogP contribution is 2.27. The average Bonchev–Trinajstić information content (AvgIpc) is 2.42. The third kappa shape index (κ3) is 4.10. The quantitative estimate of drug-likeness (QED) is 0.819. The van der Waals surface area contributed by atoms with E-state index in [-0.39, 0.29) is 16.0 Å². The first-order chi connectivity index (χ1) is 9.34. The van der Waals surface area contributed by atoms with Crippen LogP contribution in [0.1, 0.15) is 33.6 Å². The largest absolute Gasteiger partial charge is 0.313 e. The Bertz CT molecular complexity index is 546. The second-order valence-corrected chi connectivity index (χ2v) is 7.91. The van der Waals surface area contributed by atoms with E-state index in [1.54, 1.807) is 6.92 Å². The summed E-state index contributed by atoms with van der Waals surface area (Å²) < 4.78 is 25.2. The standard InChI is InChI=1S/C14H21Cl2NO2S/c1-4-8-17-14(5-2)10(3)20(18,19)11-6-7-12(15)13(16)9-11/h6-7,9-10,14,17H,4-5,8H2,1-3H3. The molecule has 0 saturated heterocycles. The molecule has 1 rings (SSSR count). The van der Waals surface area contributed by atoms with E-state index in [2.05, 4.69) is 12.2 Å². The molecule has 6 heteroatoms. The molecule has 1 N–H and O–H groups in total. The van der Waals surface area contributed by atoms with Crippen LogP contribution in [-0.2, 0) is 9.84 Å². The van der Waals surface area contributed by atoms with Crippen molar-refractivity contribution in [2.45, 2.75) is 49.8 Å². The minimum Gasteiger partial charge on any atom is -0.313 e. The van der Waals surface area contributed by atoms with E-state index in [0.717, 1.165) is 19.4 Å². The zero-order valence-electron chi connectivity index (χ0n) is 12.0. The van der Waals surface area contributed by atoms with Crippen LogP contribution >= 0.6 is 23.2 Å². The van der Waals surface area contributed by atoms with Crippen LogP contribution in [0.15, 0.2) is 23.1 Å². The minimum atomic E-state index is -3.43. The van der Waals surface area contributed by atoms with E-state index in [4.69, 9.17) is 23.2 Å². The summed E-state index contributed by atoms with van der Waals surface area (Å²) in [6.45, 7) is 6.57. The summed E-state index contributed by atoms with van der Waals surface area (Å²) in [5.41, 5.74) is 0. The molecule has 0 aliphatic rings. The van der Waals surface area contributed by atoms with Gasteiger partial charge in [0.1, 0.15) is 0 Å². The van der Waals surface area contributed by atoms with Crippen molar-refractivity contribution in [3.8, 4) is 0 Å². The summed E-state index contributed by atoms with van der Waals surface area (Å²) in [5, 5.41) is 3.38. The van der Waals surface area contributed by atoms with Gasteiger partial charge in [0, 0.05) is 6.04 Å². The fraction of sp³-hybridized carbons (Fsp3) is 0.571. The number of hydrogen-bond donors (Lipinski definition) is 1. The summed E-state index contributed by atoms with van der Waals surface area (Å²) >= 11 is 11.7. The van der Waals surface area contributed by atoms with Crippen molar-refractivity contribution in [2.75, 3.05) is 6.54 Å². The zero-order chi connectivity index (χ0) is 15.3. The third-order valence-corrected chi connectivity index (χ3v) is 6.33. The highest BCUT2D eigenvalue weighted by atomic mass is 35.5. The van der Waals surface area contributed by atoms with Gasteiger partial charge in [-0.25, -0.2) is 8.42 Å². The van der Waals surface area contributed by atoms with Crippen molar-refractivity contribution in [1.29, 1.82) is 0 Å². The topological polar surface area (TPSA) is 46.2 Å². The summed E-state index contributed by atoms with van der Waals surface area (Å²) in [6, 6.07) is 4.37. The number of hydrogen-bond acceptors (Lipinski definition) is 3. The summed E-state index contributed by atoms with van der Waals surface area (Å²) in [4.78, 5) is 0.219. The Morgan fingerprint density at radius 1 is 1.20 bits per heavy atom. The number of sulfone groups is 1. The maximum atomic E-state index is 12.6.